The van der Waals surface area contributed by atoms with Gasteiger partial charge in [0.25, 0.3) is 0 Å². The molecule has 2 saturated carbocycles. The van der Waals surface area contributed by atoms with Crippen LogP contribution in [-0.2, 0) is 9.53 Å². The average molecular weight is 693 g/mol. The van der Waals surface area contributed by atoms with E-state index in [-0.39, 0.29) is 22.9 Å². The standard InChI is InChI=1S/C48H84O2/c1-10-11-12-13-14-15-16-17-18-19-20-21-22-23-24-28-44(49)50-43-33-34-46(7)40-32-36-47(8)39(38(4)27-25-26-37(2)3)31-35-48(47,9)41(40)29-30-42(46)45(43,5)6/h17-18,37-39,42-43H,10-16,19-36H2,1-9H3. The number of carbonyl (C=O) groups is 1. The van der Waals surface area contributed by atoms with Gasteiger partial charge >= 0.3 is 5.97 Å². The van der Waals surface area contributed by atoms with Crippen molar-refractivity contribution in [2.45, 2.75) is 229 Å². The topological polar surface area (TPSA) is 26.3 Å². The Balaban J connectivity index is 1.22. The van der Waals surface area contributed by atoms with Crippen molar-refractivity contribution in [2.24, 2.45) is 45.3 Å². The van der Waals surface area contributed by atoms with Crippen LogP contribution >= 0.6 is 0 Å². The summed E-state index contributed by atoms with van der Waals surface area (Å²) in [5.74, 6) is 3.18. The molecule has 0 radical (unpaired) electrons. The molecular weight excluding hydrogens is 609 g/mol. The first-order valence-electron chi connectivity index (χ1n) is 22.4. The fourth-order valence-corrected chi connectivity index (χ4v) is 12.4. The van der Waals surface area contributed by atoms with Gasteiger partial charge in [-0.1, -0.05) is 156 Å². The minimum absolute atomic E-state index is 0.0224. The van der Waals surface area contributed by atoms with Crippen LogP contribution in [0.2, 0.25) is 0 Å². The molecule has 0 bridgehead atoms. The van der Waals surface area contributed by atoms with Crippen LogP contribution in [0.4, 0.5) is 0 Å². The Kier molecular flexibility index (Phi) is 15.7. The second-order valence-electron chi connectivity index (χ2n) is 19.8. The van der Waals surface area contributed by atoms with Gasteiger partial charge in [0.05, 0.1) is 0 Å². The maximum absolute atomic E-state index is 13.1. The number of hydrogen-bond acceptors (Lipinski definition) is 2. The molecular formula is C48H84O2. The molecule has 2 fully saturated rings. The Morgan fingerprint density at radius 2 is 1.36 bits per heavy atom. The fourth-order valence-electron chi connectivity index (χ4n) is 12.4. The van der Waals surface area contributed by atoms with Crippen LogP contribution in [0.15, 0.2) is 23.3 Å². The lowest BCUT2D eigenvalue weighted by molar-refractivity contribution is -0.170. The number of fused-ring (bicyclic) bond motifs is 4. The Bertz CT molecular complexity index is 1110. The quantitative estimate of drug-likeness (QED) is 0.0680. The number of esters is 1. The van der Waals surface area contributed by atoms with Gasteiger partial charge in [0, 0.05) is 11.8 Å². The summed E-state index contributed by atoms with van der Waals surface area (Å²) >= 11 is 0. The van der Waals surface area contributed by atoms with E-state index >= 15 is 0 Å². The maximum atomic E-state index is 13.1. The van der Waals surface area contributed by atoms with Crippen LogP contribution < -0.4 is 0 Å². The molecule has 7 unspecified atom stereocenters. The number of rotatable bonds is 21. The monoisotopic (exact) mass is 693 g/mol. The molecule has 288 valence electrons. The van der Waals surface area contributed by atoms with Crippen LogP contribution in [0, 0.1) is 45.3 Å². The van der Waals surface area contributed by atoms with Gasteiger partial charge in [0.15, 0.2) is 0 Å². The van der Waals surface area contributed by atoms with E-state index in [2.05, 4.69) is 74.5 Å². The van der Waals surface area contributed by atoms with E-state index in [9.17, 15) is 4.79 Å². The van der Waals surface area contributed by atoms with Crippen molar-refractivity contribution < 1.29 is 9.53 Å². The molecule has 0 saturated heterocycles. The highest BCUT2D eigenvalue weighted by Gasteiger charge is 2.63. The summed E-state index contributed by atoms with van der Waals surface area (Å²) in [6, 6.07) is 0. The highest BCUT2D eigenvalue weighted by molar-refractivity contribution is 5.69. The zero-order valence-corrected chi connectivity index (χ0v) is 35.0. The third-order valence-electron chi connectivity index (χ3n) is 15.8. The number of carbonyl (C=O) groups excluding carboxylic acids is 1. The summed E-state index contributed by atoms with van der Waals surface area (Å²) in [6.07, 6.45) is 36.6. The number of allylic oxidation sites excluding steroid dienone is 4. The minimum Gasteiger partial charge on any atom is -0.462 e. The van der Waals surface area contributed by atoms with Gasteiger partial charge in [0.1, 0.15) is 6.10 Å². The van der Waals surface area contributed by atoms with Crippen molar-refractivity contribution in [3.8, 4) is 0 Å². The molecule has 0 aromatic heterocycles. The molecule has 0 spiro atoms. The smallest absolute Gasteiger partial charge is 0.306 e. The van der Waals surface area contributed by atoms with E-state index in [1.165, 1.54) is 135 Å². The van der Waals surface area contributed by atoms with Crippen molar-refractivity contribution in [2.75, 3.05) is 0 Å². The summed E-state index contributed by atoms with van der Waals surface area (Å²) in [7, 11) is 0. The molecule has 2 nitrogen and oxygen atoms in total. The zero-order valence-electron chi connectivity index (χ0n) is 35.0. The lowest BCUT2D eigenvalue weighted by Crippen LogP contribution is -2.55. The molecule has 0 aromatic carbocycles. The number of unbranched alkanes of at least 4 members (excludes halogenated alkanes) is 11. The van der Waals surface area contributed by atoms with Gasteiger partial charge in [-0.2, -0.15) is 0 Å². The summed E-state index contributed by atoms with van der Waals surface area (Å²) in [5, 5.41) is 0. The fraction of sp³-hybridized carbons (Fsp3) is 0.896. The van der Waals surface area contributed by atoms with Crippen LogP contribution in [0.5, 0.6) is 0 Å². The van der Waals surface area contributed by atoms with Gasteiger partial charge in [-0.25, -0.2) is 0 Å². The van der Waals surface area contributed by atoms with Gasteiger partial charge < -0.3 is 4.74 Å². The molecule has 0 amide bonds. The van der Waals surface area contributed by atoms with Gasteiger partial charge in [-0.15, -0.1) is 0 Å². The van der Waals surface area contributed by atoms with Gasteiger partial charge in [-0.05, 0) is 123 Å². The second-order valence-corrected chi connectivity index (χ2v) is 19.8. The molecule has 4 aliphatic carbocycles. The first-order valence-corrected chi connectivity index (χ1v) is 22.4. The molecule has 4 aliphatic rings. The Hall–Kier alpha value is -1.05. The molecule has 0 N–H and O–H groups in total. The Labute approximate surface area is 312 Å². The van der Waals surface area contributed by atoms with Crippen molar-refractivity contribution in [3.63, 3.8) is 0 Å². The highest BCUT2D eigenvalue weighted by Crippen LogP contribution is 2.72. The van der Waals surface area contributed by atoms with Gasteiger partial charge in [-0.3, -0.25) is 4.79 Å². The molecule has 4 rings (SSSR count). The van der Waals surface area contributed by atoms with E-state index < -0.39 is 0 Å². The largest absolute Gasteiger partial charge is 0.462 e. The van der Waals surface area contributed by atoms with E-state index in [0.717, 1.165) is 37.0 Å². The van der Waals surface area contributed by atoms with E-state index in [0.29, 0.717) is 23.2 Å². The molecule has 50 heavy (non-hydrogen) atoms. The van der Waals surface area contributed by atoms with Crippen molar-refractivity contribution in [3.05, 3.63) is 23.3 Å². The molecule has 0 heterocycles. The highest BCUT2D eigenvalue weighted by atomic mass is 16.5. The number of ether oxygens (including phenoxy) is 1. The third kappa shape index (κ3) is 9.54. The Morgan fingerprint density at radius 3 is 2.02 bits per heavy atom. The first-order chi connectivity index (χ1) is 23.8. The summed E-state index contributed by atoms with van der Waals surface area (Å²) in [6.45, 7) is 22.6. The number of hydrogen-bond donors (Lipinski definition) is 0. The summed E-state index contributed by atoms with van der Waals surface area (Å²) in [5.41, 5.74) is 4.83. The van der Waals surface area contributed by atoms with Crippen molar-refractivity contribution in [1.29, 1.82) is 0 Å². The zero-order chi connectivity index (χ0) is 36.4. The van der Waals surface area contributed by atoms with Crippen molar-refractivity contribution >= 4 is 5.97 Å². The van der Waals surface area contributed by atoms with Crippen LogP contribution in [-0.4, -0.2) is 12.1 Å². The van der Waals surface area contributed by atoms with Crippen LogP contribution in [0.1, 0.15) is 223 Å². The maximum Gasteiger partial charge on any atom is 0.306 e. The third-order valence-corrected chi connectivity index (χ3v) is 15.8. The average Bonchev–Trinajstić information content (AvgIpc) is 3.35. The summed E-state index contributed by atoms with van der Waals surface area (Å²) in [4.78, 5) is 13.1. The lowest BCUT2D eigenvalue weighted by atomic mass is 9.43. The van der Waals surface area contributed by atoms with Crippen molar-refractivity contribution in [1.82, 2.24) is 0 Å². The van der Waals surface area contributed by atoms with E-state index in [1.807, 2.05) is 11.1 Å². The SMILES string of the molecule is CCCCCCCCC=CCCCCCCCC(=O)OC1CCC2(C)C3=C(CCC2C1(C)C)C1(C)CCC(C(C)CCCC(C)C)C1(C)CC3. The first kappa shape index (κ1) is 41.7. The minimum atomic E-state index is 0.0224. The van der Waals surface area contributed by atoms with Crippen LogP contribution in [0.3, 0.4) is 0 Å². The van der Waals surface area contributed by atoms with Crippen LogP contribution in [0.25, 0.3) is 0 Å². The lowest BCUT2D eigenvalue weighted by Gasteiger charge is -2.62. The molecule has 7 atom stereocenters. The normalized spacial score (nSPS) is 32.6. The Morgan fingerprint density at radius 1 is 0.720 bits per heavy atom. The summed E-state index contributed by atoms with van der Waals surface area (Å²) < 4.78 is 6.38. The molecule has 0 aromatic rings. The molecule has 0 aliphatic heterocycles. The second kappa shape index (κ2) is 18.8. The molecule has 2 heteroatoms. The van der Waals surface area contributed by atoms with Gasteiger partial charge in [0.2, 0.25) is 0 Å². The van der Waals surface area contributed by atoms with E-state index in [4.69, 9.17) is 4.74 Å². The van der Waals surface area contributed by atoms with E-state index in [1.54, 1.807) is 0 Å². The predicted molar refractivity (Wildman–Crippen MR) is 216 cm³/mol. The predicted octanol–water partition coefficient (Wildman–Crippen LogP) is 15.1.